The normalized spacial score (nSPS) is 27.6. The molecule has 0 saturated carbocycles. The second-order valence-corrected chi connectivity index (χ2v) is 2.65. The van der Waals surface area contributed by atoms with Gasteiger partial charge in [-0.2, -0.15) is 0 Å². The van der Waals surface area contributed by atoms with Crippen molar-refractivity contribution in [3.05, 3.63) is 12.7 Å². The average Bonchev–Trinajstić information content (AvgIpc) is 2.14. The van der Waals surface area contributed by atoms with Crippen LogP contribution in [0.4, 0.5) is 0 Å². The molecule has 0 aromatic heterocycles. The van der Waals surface area contributed by atoms with Crippen LogP contribution < -0.4 is 5.32 Å². The Hall–Kier alpha value is -0.630. The highest BCUT2D eigenvalue weighted by Crippen LogP contribution is 2.06. The molecule has 2 heteroatoms. The largest absolute Gasteiger partial charge is 0.304 e. The van der Waals surface area contributed by atoms with E-state index in [9.17, 15) is 4.79 Å². The van der Waals surface area contributed by atoms with E-state index in [0.717, 1.165) is 19.3 Å². The summed E-state index contributed by atoms with van der Waals surface area (Å²) in [7, 11) is 0. The summed E-state index contributed by atoms with van der Waals surface area (Å²) in [4.78, 5) is 10.8. The molecule has 10 heavy (non-hydrogen) atoms. The highest BCUT2D eigenvalue weighted by atomic mass is 16.1. The number of nitrogens with one attached hydrogen (secondary N) is 1. The van der Waals surface area contributed by atoms with Gasteiger partial charge in [0, 0.05) is 12.5 Å². The van der Waals surface area contributed by atoms with Gasteiger partial charge >= 0.3 is 0 Å². The predicted octanol–water partition coefficient (Wildman–Crippen LogP) is 0.884. The van der Waals surface area contributed by atoms with Gasteiger partial charge in [0.25, 0.3) is 0 Å². The van der Waals surface area contributed by atoms with Crippen LogP contribution in [0, 0.1) is 0 Å². The highest BCUT2D eigenvalue weighted by Gasteiger charge is 2.11. The maximum Gasteiger partial charge on any atom is 0.146 e. The number of ketones is 1. The van der Waals surface area contributed by atoms with Crippen LogP contribution in [0.2, 0.25) is 0 Å². The van der Waals surface area contributed by atoms with Gasteiger partial charge in [0.2, 0.25) is 0 Å². The molecule has 1 saturated heterocycles. The van der Waals surface area contributed by atoms with E-state index in [4.69, 9.17) is 0 Å². The topological polar surface area (TPSA) is 29.1 Å². The van der Waals surface area contributed by atoms with Gasteiger partial charge in [-0.1, -0.05) is 6.08 Å². The maximum absolute atomic E-state index is 10.8. The molecular weight excluding hydrogens is 126 g/mol. The van der Waals surface area contributed by atoms with Crippen molar-refractivity contribution in [1.29, 1.82) is 0 Å². The van der Waals surface area contributed by atoms with Crippen molar-refractivity contribution in [3.8, 4) is 0 Å². The van der Waals surface area contributed by atoms with Gasteiger partial charge in [-0.25, -0.2) is 0 Å². The van der Waals surface area contributed by atoms with E-state index in [1.807, 2.05) is 6.08 Å². The first kappa shape index (κ1) is 7.48. The van der Waals surface area contributed by atoms with Crippen LogP contribution in [0.15, 0.2) is 12.7 Å². The molecular formula is C8H13NO. The lowest BCUT2D eigenvalue weighted by Crippen LogP contribution is -2.28. The van der Waals surface area contributed by atoms with Crippen LogP contribution in [0.25, 0.3) is 0 Å². The molecule has 1 rings (SSSR count). The molecule has 1 aliphatic rings. The number of hydrogen-bond donors (Lipinski definition) is 1. The molecule has 1 atom stereocenters. The van der Waals surface area contributed by atoms with Gasteiger partial charge in [-0.15, -0.1) is 6.58 Å². The quantitative estimate of drug-likeness (QED) is 0.546. The summed E-state index contributed by atoms with van der Waals surface area (Å²) >= 11 is 0. The zero-order valence-corrected chi connectivity index (χ0v) is 6.10. The predicted molar refractivity (Wildman–Crippen MR) is 40.8 cm³/mol. The number of rotatable bonds is 1. The van der Waals surface area contributed by atoms with Crippen LogP contribution >= 0.6 is 0 Å². The Morgan fingerprint density at radius 1 is 1.70 bits per heavy atom. The minimum atomic E-state index is 0.323. The summed E-state index contributed by atoms with van der Waals surface area (Å²) in [6.45, 7) is 4.20. The summed E-state index contributed by atoms with van der Waals surface area (Å²) in [5, 5.41) is 3.11. The lowest BCUT2D eigenvalue weighted by Gasteiger charge is -2.07. The van der Waals surface area contributed by atoms with Crippen molar-refractivity contribution in [2.24, 2.45) is 0 Å². The minimum absolute atomic E-state index is 0.323. The lowest BCUT2D eigenvalue weighted by molar-refractivity contribution is -0.118. The minimum Gasteiger partial charge on any atom is -0.304 e. The summed E-state index contributed by atoms with van der Waals surface area (Å²) in [6, 6.07) is 0.353. The molecule has 0 spiro atoms. The van der Waals surface area contributed by atoms with Crippen molar-refractivity contribution >= 4 is 5.78 Å². The number of carbonyl (C=O) groups excluding carboxylic acids is 1. The van der Waals surface area contributed by atoms with Gasteiger partial charge in [0.15, 0.2) is 0 Å². The summed E-state index contributed by atoms with van der Waals surface area (Å²) in [5.41, 5.74) is 0. The second-order valence-electron chi connectivity index (χ2n) is 2.65. The molecule has 0 amide bonds. The molecule has 1 aliphatic heterocycles. The number of carbonyl (C=O) groups is 1. The Labute approximate surface area is 61.3 Å². The number of hydrogen-bond acceptors (Lipinski definition) is 2. The van der Waals surface area contributed by atoms with Crippen molar-refractivity contribution in [2.45, 2.75) is 25.3 Å². The maximum atomic E-state index is 10.8. The summed E-state index contributed by atoms with van der Waals surface area (Å²) < 4.78 is 0. The van der Waals surface area contributed by atoms with Gasteiger partial charge in [-0.05, 0) is 12.8 Å². The third kappa shape index (κ3) is 1.95. The van der Waals surface area contributed by atoms with Crippen molar-refractivity contribution < 1.29 is 4.79 Å². The summed E-state index contributed by atoms with van der Waals surface area (Å²) in [6.07, 6.45) is 4.66. The highest BCUT2D eigenvalue weighted by molar-refractivity contribution is 5.80. The van der Waals surface area contributed by atoms with E-state index in [1.54, 1.807) is 0 Å². The van der Waals surface area contributed by atoms with E-state index in [2.05, 4.69) is 11.9 Å². The van der Waals surface area contributed by atoms with E-state index in [0.29, 0.717) is 18.4 Å². The smallest absolute Gasteiger partial charge is 0.146 e. The van der Waals surface area contributed by atoms with E-state index in [1.165, 1.54) is 0 Å². The first-order valence-corrected chi connectivity index (χ1v) is 3.70. The van der Waals surface area contributed by atoms with E-state index >= 15 is 0 Å². The molecule has 0 aromatic rings. The molecule has 0 aliphatic carbocycles. The Balaban J connectivity index is 2.40. The molecule has 2 nitrogen and oxygen atoms in total. The van der Waals surface area contributed by atoms with Gasteiger partial charge in [0.1, 0.15) is 5.78 Å². The SMILES string of the molecule is C=CC1CCCC(=O)CN1. The average molecular weight is 139 g/mol. The molecule has 1 fully saturated rings. The van der Waals surface area contributed by atoms with Gasteiger partial charge in [-0.3, -0.25) is 4.79 Å². The van der Waals surface area contributed by atoms with Crippen molar-refractivity contribution in [3.63, 3.8) is 0 Å². The van der Waals surface area contributed by atoms with Crippen LogP contribution in [-0.4, -0.2) is 18.4 Å². The zero-order valence-electron chi connectivity index (χ0n) is 6.10. The monoisotopic (exact) mass is 139 g/mol. The zero-order chi connectivity index (χ0) is 7.40. The molecule has 1 N–H and O–H groups in total. The van der Waals surface area contributed by atoms with Gasteiger partial charge < -0.3 is 5.32 Å². The van der Waals surface area contributed by atoms with Crippen molar-refractivity contribution in [1.82, 2.24) is 5.32 Å². The fraction of sp³-hybridized carbons (Fsp3) is 0.625. The van der Waals surface area contributed by atoms with Crippen molar-refractivity contribution in [2.75, 3.05) is 6.54 Å². The molecule has 1 unspecified atom stereocenters. The lowest BCUT2D eigenvalue weighted by atomic mass is 10.1. The number of Topliss-reactive ketones (excluding diaryl/α,β-unsaturated/α-hetero) is 1. The second kappa shape index (κ2) is 3.52. The molecule has 1 heterocycles. The first-order valence-electron chi connectivity index (χ1n) is 3.70. The molecule has 0 aromatic carbocycles. The van der Waals surface area contributed by atoms with Gasteiger partial charge in [0.05, 0.1) is 6.54 Å². The van der Waals surface area contributed by atoms with E-state index in [-0.39, 0.29) is 0 Å². The fourth-order valence-corrected chi connectivity index (χ4v) is 1.16. The Morgan fingerprint density at radius 3 is 3.20 bits per heavy atom. The summed E-state index contributed by atoms with van der Waals surface area (Å²) in [5.74, 6) is 0.323. The standard InChI is InChI=1S/C8H13NO/c1-2-7-4-3-5-8(10)6-9-7/h2,7,9H,1,3-6H2. The fourth-order valence-electron chi connectivity index (χ4n) is 1.16. The molecule has 0 radical (unpaired) electrons. The Bertz CT molecular complexity index is 142. The third-order valence-electron chi connectivity index (χ3n) is 1.82. The van der Waals surface area contributed by atoms with Crippen LogP contribution in [0.1, 0.15) is 19.3 Å². The molecule has 56 valence electrons. The van der Waals surface area contributed by atoms with Crippen LogP contribution in [0.3, 0.4) is 0 Å². The van der Waals surface area contributed by atoms with Crippen LogP contribution in [0.5, 0.6) is 0 Å². The Morgan fingerprint density at radius 2 is 2.50 bits per heavy atom. The van der Waals surface area contributed by atoms with E-state index < -0.39 is 0 Å². The Kier molecular flexibility index (Phi) is 2.63. The third-order valence-corrected chi connectivity index (χ3v) is 1.82. The van der Waals surface area contributed by atoms with Crippen LogP contribution in [-0.2, 0) is 4.79 Å². The molecule has 0 bridgehead atoms. The first-order chi connectivity index (χ1) is 4.83.